The lowest BCUT2D eigenvalue weighted by Crippen LogP contribution is -2.36. The average Bonchev–Trinajstić information content (AvgIpc) is 2.93. The molecule has 88 valence electrons. The molecular weight excluding hydrogens is 214 g/mol. The van der Waals surface area contributed by atoms with Crippen LogP contribution >= 0.6 is 0 Å². The number of fused-ring (bicyclic) bond motifs is 2. The summed E-state index contributed by atoms with van der Waals surface area (Å²) >= 11 is 0. The summed E-state index contributed by atoms with van der Waals surface area (Å²) in [4.78, 5) is 24.9. The van der Waals surface area contributed by atoms with E-state index in [-0.39, 0.29) is 11.8 Å². The number of hydrogen-bond acceptors (Lipinski definition) is 2. The largest absolute Gasteiger partial charge is 0.335 e. The van der Waals surface area contributed by atoms with Gasteiger partial charge in [-0.15, -0.1) is 0 Å². The van der Waals surface area contributed by atoms with E-state index in [4.69, 9.17) is 0 Å². The molecule has 0 radical (unpaired) electrons. The van der Waals surface area contributed by atoms with Gasteiger partial charge < -0.3 is 4.90 Å². The smallest absolute Gasteiger partial charge is 0.226 e. The highest BCUT2D eigenvalue weighted by atomic mass is 16.2. The average molecular weight is 229 g/mol. The molecule has 3 heteroatoms. The summed E-state index contributed by atoms with van der Waals surface area (Å²) in [6, 6.07) is 7.92. The summed E-state index contributed by atoms with van der Waals surface area (Å²) < 4.78 is 0. The van der Waals surface area contributed by atoms with Gasteiger partial charge in [0.05, 0.1) is 0 Å². The molecule has 3 nitrogen and oxygen atoms in total. The third kappa shape index (κ3) is 1.66. The van der Waals surface area contributed by atoms with Gasteiger partial charge in [0, 0.05) is 24.1 Å². The number of piperidine rings is 1. The number of carbonyl (C=O) groups excluding carboxylic acids is 2. The summed E-state index contributed by atoms with van der Waals surface area (Å²) in [5.41, 5.74) is 1.66. The third-order valence-electron chi connectivity index (χ3n) is 4.00. The Morgan fingerprint density at radius 3 is 2.82 bits per heavy atom. The maximum atomic E-state index is 12.0. The van der Waals surface area contributed by atoms with E-state index in [1.165, 1.54) is 0 Å². The molecule has 1 aromatic rings. The Morgan fingerprint density at radius 2 is 2.12 bits per heavy atom. The Hall–Kier alpha value is -1.64. The molecule has 2 bridgehead atoms. The Bertz CT molecular complexity index is 469. The first-order valence-corrected chi connectivity index (χ1v) is 6.13. The van der Waals surface area contributed by atoms with Crippen molar-refractivity contribution >= 4 is 12.2 Å². The van der Waals surface area contributed by atoms with Gasteiger partial charge in [-0.25, -0.2) is 0 Å². The number of carbonyl (C=O) groups is 2. The monoisotopic (exact) mass is 229 g/mol. The van der Waals surface area contributed by atoms with E-state index in [0.29, 0.717) is 18.2 Å². The van der Waals surface area contributed by atoms with E-state index < -0.39 is 0 Å². The molecule has 1 saturated carbocycles. The molecule has 2 fully saturated rings. The predicted molar refractivity (Wildman–Crippen MR) is 63.5 cm³/mol. The molecule has 1 aliphatic heterocycles. The van der Waals surface area contributed by atoms with Crippen molar-refractivity contribution in [3.8, 4) is 0 Å². The number of rotatable bonds is 3. The fourth-order valence-electron chi connectivity index (χ4n) is 3.06. The molecule has 17 heavy (non-hydrogen) atoms. The fraction of sp³-hybridized carbons (Fsp3) is 0.429. The van der Waals surface area contributed by atoms with Gasteiger partial charge in [0.2, 0.25) is 5.91 Å². The van der Waals surface area contributed by atoms with Crippen LogP contribution in [-0.4, -0.2) is 23.1 Å². The van der Waals surface area contributed by atoms with Crippen LogP contribution in [0, 0.1) is 5.92 Å². The number of hydrogen-bond donors (Lipinski definition) is 0. The number of nitrogens with zero attached hydrogens (tertiary/aromatic N) is 1. The minimum atomic E-state index is 0.253. The van der Waals surface area contributed by atoms with Gasteiger partial charge in [0.1, 0.15) is 6.29 Å². The van der Waals surface area contributed by atoms with Crippen LogP contribution in [-0.2, 0) is 11.3 Å². The van der Waals surface area contributed by atoms with Crippen LogP contribution in [0.4, 0.5) is 0 Å². The van der Waals surface area contributed by atoms with Crippen molar-refractivity contribution < 1.29 is 9.59 Å². The fourth-order valence-corrected chi connectivity index (χ4v) is 3.06. The van der Waals surface area contributed by atoms with Gasteiger partial charge in [-0.2, -0.15) is 0 Å². The van der Waals surface area contributed by atoms with Crippen LogP contribution in [0.1, 0.15) is 35.2 Å². The van der Waals surface area contributed by atoms with Crippen LogP contribution in [0.2, 0.25) is 0 Å². The molecule has 3 rings (SSSR count). The lowest BCUT2D eigenvalue weighted by Gasteiger charge is -2.27. The Labute approximate surface area is 100 Å². The Morgan fingerprint density at radius 1 is 1.29 bits per heavy atom. The quantitative estimate of drug-likeness (QED) is 0.743. The molecule has 1 saturated heterocycles. The van der Waals surface area contributed by atoms with Crippen molar-refractivity contribution in [3.63, 3.8) is 0 Å². The van der Waals surface area contributed by atoms with Crippen molar-refractivity contribution in [2.24, 2.45) is 5.92 Å². The first kappa shape index (κ1) is 10.5. The SMILES string of the molecule is O=Cc1ccccc1CN1C(=O)C2CCC1C2. The first-order valence-electron chi connectivity index (χ1n) is 6.13. The summed E-state index contributed by atoms with van der Waals surface area (Å²) in [5.74, 6) is 0.533. The first-order chi connectivity index (χ1) is 8.29. The van der Waals surface area contributed by atoms with Gasteiger partial charge >= 0.3 is 0 Å². The number of benzene rings is 1. The van der Waals surface area contributed by atoms with Gasteiger partial charge in [0.15, 0.2) is 0 Å². The maximum Gasteiger partial charge on any atom is 0.226 e. The molecular formula is C14H15NO2. The number of aldehydes is 1. The number of likely N-dealkylation sites (tertiary alicyclic amines) is 1. The van der Waals surface area contributed by atoms with Gasteiger partial charge in [-0.05, 0) is 24.8 Å². The highest BCUT2D eigenvalue weighted by Gasteiger charge is 2.44. The molecule has 2 unspecified atom stereocenters. The second-order valence-corrected chi connectivity index (χ2v) is 4.95. The van der Waals surface area contributed by atoms with Crippen molar-refractivity contribution in [1.82, 2.24) is 4.90 Å². The summed E-state index contributed by atoms with van der Waals surface area (Å²) in [6.45, 7) is 0.592. The normalized spacial score (nSPS) is 26.6. The summed E-state index contributed by atoms with van der Waals surface area (Å²) in [6.07, 6.45) is 4.06. The second-order valence-electron chi connectivity index (χ2n) is 4.95. The summed E-state index contributed by atoms with van der Waals surface area (Å²) in [7, 11) is 0. The van der Waals surface area contributed by atoms with Crippen LogP contribution in [0.25, 0.3) is 0 Å². The maximum absolute atomic E-state index is 12.0. The van der Waals surface area contributed by atoms with Crippen LogP contribution < -0.4 is 0 Å². The minimum absolute atomic E-state index is 0.253. The molecule has 1 aliphatic carbocycles. The minimum Gasteiger partial charge on any atom is -0.335 e. The molecule has 0 N–H and O–H groups in total. The molecule has 1 aromatic carbocycles. The van der Waals surface area contributed by atoms with Crippen molar-refractivity contribution in [2.75, 3.05) is 0 Å². The van der Waals surface area contributed by atoms with E-state index in [9.17, 15) is 9.59 Å². The van der Waals surface area contributed by atoms with Crippen LogP contribution in [0.3, 0.4) is 0 Å². The van der Waals surface area contributed by atoms with E-state index in [1.54, 1.807) is 6.07 Å². The lowest BCUT2D eigenvalue weighted by atomic mass is 10.1. The van der Waals surface area contributed by atoms with Crippen molar-refractivity contribution in [2.45, 2.75) is 31.8 Å². The standard InChI is InChI=1S/C14H15NO2/c16-9-12-4-2-1-3-11(12)8-15-13-6-5-10(7-13)14(15)17/h1-4,9-10,13H,5-8H2. The highest BCUT2D eigenvalue weighted by molar-refractivity contribution is 5.83. The predicted octanol–water partition coefficient (Wildman–Crippen LogP) is 2.01. The van der Waals surface area contributed by atoms with E-state index in [1.807, 2.05) is 23.1 Å². The topological polar surface area (TPSA) is 37.4 Å². The number of amides is 1. The second kappa shape index (κ2) is 3.99. The molecule has 0 aromatic heterocycles. The van der Waals surface area contributed by atoms with E-state index in [0.717, 1.165) is 31.1 Å². The van der Waals surface area contributed by atoms with Gasteiger partial charge in [-0.3, -0.25) is 9.59 Å². The van der Waals surface area contributed by atoms with E-state index >= 15 is 0 Å². The molecule has 0 spiro atoms. The van der Waals surface area contributed by atoms with Gasteiger partial charge in [0.25, 0.3) is 0 Å². The lowest BCUT2D eigenvalue weighted by molar-refractivity contribution is -0.134. The molecule has 2 atom stereocenters. The molecule has 1 amide bonds. The van der Waals surface area contributed by atoms with Gasteiger partial charge in [-0.1, -0.05) is 24.3 Å². The zero-order valence-electron chi connectivity index (χ0n) is 9.63. The van der Waals surface area contributed by atoms with Crippen molar-refractivity contribution in [3.05, 3.63) is 35.4 Å². The molecule has 2 aliphatic rings. The van der Waals surface area contributed by atoms with Crippen LogP contribution in [0.5, 0.6) is 0 Å². The molecule has 1 heterocycles. The van der Waals surface area contributed by atoms with Crippen molar-refractivity contribution in [1.29, 1.82) is 0 Å². The zero-order chi connectivity index (χ0) is 11.8. The van der Waals surface area contributed by atoms with E-state index in [2.05, 4.69) is 0 Å². The summed E-state index contributed by atoms with van der Waals surface area (Å²) in [5, 5.41) is 0. The van der Waals surface area contributed by atoms with Crippen LogP contribution in [0.15, 0.2) is 24.3 Å². The third-order valence-corrected chi connectivity index (χ3v) is 4.00. The Balaban J connectivity index is 1.83. The Kier molecular flexibility index (Phi) is 2.46. The zero-order valence-corrected chi connectivity index (χ0v) is 9.63. The highest BCUT2D eigenvalue weighted by Crippen LogP contribution is 2.39.